The Hall–Kier alpha value is -2.09. The van der Waals surface area contributed by atoms with Crippen LogP contribution < -0.4 is 5.32 Å². The van der Waals surface area contributed by atoms with E-state index in [4.69, 9.17) is 27.9 Å². The van der Waals surface area contributed by atoms with Crippen molar-refractivity contribution >= 4 is 52.3 Å². The summed E-state index contributed by atoms with van der Waals surface area (Å²) >= 11 is 13.3. The second-order valence-corrected chi connectivity index (χ2v) is 8.88. The van der Waals surface area contributed by atoms with Crippen LogP contribution in [-0.4, -0.2) is 42.4 Å². The Labute approximate surface area is 189 Å². The lowest BCUT2D eigenvalue weighted by Crippen LogP contribution is -2.41. The molecule has 1 unspecified atom stereocenters. The van der Waals surface area contributed by atoms with E-state index < -0.39 is 11.9 Å². The number of rotatable bonds is 6. The van der Waals surface area contributed by atoms with E-state index in [1.807, 2.05) is 11.4 Å². The number of carbonyl (C=O) groups is 3. The third-order valence-corrected chi connectivity index (χ3v) is 6.61. The first kappa shape index (κ1) is 22.6. The average molecular weight is 469 g/mol. The SMILES string of the molecule is CC(NC(=O)COC(=O)C1CCN(C(=O)c2cccs2)CC1)c1ccc(Cl)c(Cl)c1. The van der Waals surface area contributed by atoms with Crippen molar-refractivity contribution in [2.75, 3.05) is 19.7 Å². The van der Waals surface area contributed by atoms with Gasteiger partial charge < -0.3 is 15.0 Å². The van der Waals surface area contributed by atoms with Crippen molar-refractivity contribution in [2.45, 2.75) is 25.8 Å². The van der Waals surface area contributed by atoms with Crippen molar-refractivity contribution in [2.24, 2.45) is 5.92 Å². The molecule has 160 valence electrons. The van der Waals surface area contributed by atoms with Gasteiger partial charge in [0, 0.05) is 13.1 Å². The summed E-state index contributed by atoms with van der Waals surface area (Å²) in [5, 5.41) is 5.48. The van der Waals surface area contributed by atoms with Gasteiger partial charge in [-0.05, 0) is 48.9 Å². The zero-order valence-electron chi connectivity index (χ0n) is 16.4. The maximum atomic E-state index is 12.4. The summed E-state index contributed by atoms with van der Waals surface area (Å²) in [5.41, 5.74) is 0.798. The Balaban J connectivity index is 1.41. The van der Waals surface area contributed by atoms with Crippen molar-refractivity contribution in [3.05, 3.63) is 56.2 Å². The fourth-order valence-corrected chi connectivity index (χ4v) is 4.27. The highest BCUT2D eigenvalue weighted by Gasteiger charge is 2.29. The maximum absolute atomic E-state index is 12.4. The number of ether oxygens (including phenoxy) is 1. The number of likely N-dealkylation sites (tertiary alicyclic amines) is 1. The molecule has 1 atom stereocenters. The predicted molar refractivity (Wildman–Crippen MR) is 117 cm³/mol. The summed E-state index contributed by atoms with van der Waals surface area (Å²) in [4.78, 5) is 39.3. The largest absolute Gasteiger partial charge is 0.455 e. The molecule has 9 heteroatoms. The van der Waals surface area contributed by atoms with Crippen LogP contribution in [0.25, 0.3) is 0 Å². The van der Waals surface area contributed by atoms with E-state index in [-0.39, 0.29) is 24.5 Å². The Morgan fingerprint density at radius 2 is 1.93 bits per heavy atom. The molecular formula is C21H22Cl2N2O4S. The molecule has 3 rings (SSSR count). The number of benzene rings is 1. The normalized spacial score (nSPS) is 15.5. The van der Waals surface area contributed by atoms with Gasteiger partial charge in [-0.1, -0.05) is 35.3 Å². The second-order valence-electron chi connectivity index (χ2n) is 7.11. The number of nitrogens with zero attached hydrogens (tertiary/aromatic N) is 1. The number of halogens is 2. The number of esters is 1. The summed E-state index contributed by atoms with van der Waals surface area (Å²) in [6.45, 7) is 2.45. The van der Waals surface area contributed by atoms with Gasteiger partial charge in [0.15, 0.2) is 6.61 Å². The van der Waals surface area contributed by atoms with E-state index in [1.54, 1.807) is 36.1 Å². The zero-order valence-corrected chi connectivity index (χ0v) is 18.7. The highest BCUT2D eigenvalue weighted by atomic mass is 35.5. The first-order chi connectivity index (χ1) is 14.3. The highest BCUT2D eigenvalue weighted by Crippen LogP contribution is 2.25. The van der Waals surface area contributed by atoms with E-state index in [0.29, 0.717) is 40.9 Å². The summed E-state index contributed by atoms with van der Waals surface area (Å²) < 4.78 is 5.19. The first-order valence-electron chi connectivity index (χ1n) is 9.59. The van der Waals surface area contributed by atoms with Gasteiger partial charge in [0.25, 0.3) is 11.8 Å². The molecule has 1 aliphatic heterocycles. The first-order valence-corrected chi connectivity index (χ1v) is 11.2. The third kappa shape index (κ3) is 5.74. The van der Waals surface area contributed by atoms with Gasteiger partial charge in [0.05, 0.1) is 26.9 Å². The summed E-state index contributed by atoms with van der Waals surface area (Å²) in [6, 6.07) is 8.46. The molecule has 1 saturated heterocycles. The second kappa shape index (κ2) is 10.3. The molecule has 1 aromatic carbocycles. The lowest BCUT2D eigenvalue weighted by atomic mass is 9.97. The van der Waals surface area contributed by atoms with Gasteiger partial charge in [-0.3, -0.25) is 14.4 Å². The Bertz CT molecular complexity index is 912. The van der Waals surface area contributed by atoms with Crippen LogP contribution >= 0.6 is 34.5 Å². The Morgan fingerprint density at radius 1 is 1.20 bits per heavy atom. The lowest BCUT2D eigenvalue weighted by molar-refractivity contribution is -0.154. The zero-order chi connectivity index (χ0) is 21.7. The Kier molecular flexibility index (Phi) is 7.75. The van der Waals surface area contributed by atoms with Crippen LogP contribution in [0.1, 0.15) is 41.0 Å². The molecule has 1 N–H and O–H groups in total. The number of nitrogens with one attached hydrogen (secondary N) is 1. The number of piperidine rings is 1. The molecule has 0 radical (unpaired) electrons. The number of hydrogen-bond donors (Lipinski definition) is 1. The molecule has 0 bridgehead atoms. The van der Waals surface area contributed by atoms with Crippen LogP contribution in [0.2, 0.25) is 10.0 Å². The predicted octanol–water partition coefficient (Wildman–Crippen LogP) is 4.33. The molecule has 1 fully saturated rings. The van der Waals surface area contributed by atoms with Gasteiger partial charge in [0.1, 0.15) is 0 Å². The maximum Gasteiger partial charge on any atom is 0.309 e. The van der Waals surface area contributed by atoms with Gasteiger partial charge in [0.2, 0.25) is 0 Å². The quantitative estimate of drug-likeness (QED) is 0.640. The fraction of sp³-hybridized carbons (Fsp3) is 0.381. The molecule has 2 aromatic rings. The third-order valence-electron chi connectivity index (χ3n) is 5.01. The number of amides is 2. The fourth-order valence-electron chi connectivity index (χ4n) is 3.28. The van der Waals surface area contributed by atoms with Crippen LogP contribution in [0.5, 0.6) is 0 Å². The van der Waals surface area contributed by atoms with Crippen LogP contribution in [-0.2, 0) is 14.3 Å². The molecule has 0 saturated carbocycles. The smallest absolute Gasteiger partial charge is 0.309 e. The minimum Gasteiger partial charge on any atom is -0.455 e. The van der Waals surface area contributed by atoms with Crippen molar-refractivity contribution in [3.63, 3.8) is 0 Å². The molecule has 1 aliphatic rings. The van der Waals surface area contributed by atoms with Crippen LogP contribution in [0.4, 0.5) is 0 Å². The van der Waals surface area contributed by atoms with Gasteiger partial charge >= 0.3 is 5.97 Å². The minimum absolute atomic E-state index is 0.00696. The van der Waals surface area contributed by atoms with Crippen molar-refractivity contribution in [1.82, 2.24) is 10.2 Å². The van der Waals surface area contributed by atoms with Crippen molar-refractivity contribution < 1.29 is 19.1 Å². The summed E-state index contributed by atoms with van der Waals surface area (Å²) in [5.74, 6) is -1.12. The molecule has 2 amide bonds. The standard InChI is InChI=1S/C21H22Cl2N2O4S/c1-13(15-4-5-16(22)17(23)11-15)24-19(26)12-29-21(28)14-6-8-25(9-7-14)20(27)18-3-2-10-30-18/h2-5,10-11,13-14H,6-9,12H2,1H3,(H,24,26). The van der Waals surface area contributed by atoms with E-state index in [2.05, 4.69) is 5.32 Å². The minimum atomic E-state index is -0.407. The Morgan fingerprint density at radius 3 is 2.57 bits per heavy atom. The summed E-state index contributed by atoms with van der Waals surface area (Å²) in [6.07, 6.45) is 1.05. The van der Waals surface area contributed by atoms with E-state index in [1.165, 1.54) is 11.3 Å². The summed E-state index contributed by atoms with van der Waals surface area (Å²) in [7, 11) is 0. The van der Waals surface area contributed by atoms with Crippen LogP contribution in [0.3, 0.4) is 0 Å². The van der Waals surface area contributed by atoms with Crippen LogP contribution in [0.15, 0.2) is 35.7 Å². The van der Waals surface area contributed by atoms with Crippen molar-refractivity contribution in [3.8, 4) is 0 Å². The van der Waals surface area contributed by atoms with E-state index in [0.717, 1.165) is 5.56 Å². The molecular weight excluding hydrogens is 447 g/mol. The van der Waals surface area contributed by atoms with Gasteiger partial charge in [-0.25, -0.2) is 0 Å². The average Bonchev–Trinajstić information content (AvgIpc) is 3.28. The number of hydrogen-bond acceptors (Lipinski definition) is 5. The molecule has 1 aromatic heterocycles. The van der Waals surface area contributed by atoms with Crippen molar-refractivity contribution in [1.29, 1.82) is 0 Å². The topological polar surface area (TPSA) is 75.7 Å². The van der Waals surface area contributed by atoms with Crippen LogP contribution in [0, 0.1) is 5.92 Å². The number of thiophene rings is 1. The molecule has 0 spiro atoms. The monoisotopic (exact) mass is 468 g/mol. The highest BCUT2D eigenvalue weighted by molar-refractivity contribution is 7.12. The van der Waals surface area contributed by atoms with Gasteiger partial charge in [-0.15, -0.1) is 11.3 Å². The number of carbonyl (C=O) groups excluding carboxylic acids is 3. The van der Waals surface area contributed by atoms with Gasteiger partial charge in [-0.2, -0.15) is 0 Å². The molecule has 2 heterocycles. The molecule has 0 aliphatic carbocycles. The molecule has 30 heavy (non-hydrogen) atoms. The molecule has 6 nitrogen and oxygen atoms in total. The van der Waals surface area contributed by atoms with E-state index >= 15 is 0 Å². The van der Waals surface area contributed by atoms with E-state index in [9.17, 15) is 14.4 Å². The lowest BCUT2D eigenvalue weighted by Gasteiger charge is -2.30.